The molecule has 1 N–H and O–H groups in total. The normalized spacial score (nSPS) is 28.8. The van der Waals surface area contributed by atoms with Gasteiger partial charge in [-0.2, -0.15) is 0 Å². The summed E-state index contributed by atoms with van der Waals surface area (Å²) < 4.78 is 0. The Morgan fingerprint density at radius 2 is 1.73 bits per heavy atom. The van der Waals surface area contributed by atoms with E-state index in [1.54, 1.807) is 11.1 Å². The number of piperidine rings is 1. The van der Waals surface area contributed by atoms with Crippen molar-refractivity contribution in [3.63, 3.8) is 0 Å². The summed E-state index contributed by atoms with van der Waals surface area (Å²) in [5, 5.41) is 3.67. The van der Waals surface area contributed by atoms with Crippen LogP contribution in [0.2, 0.25) is 0 Å². The molecule has 2 aromatic rings. The van der Waals surface area contributed by atoms with Crippen LogP contribution in [-0.4, -0.2) is 24.0 Å². The van der Waals surface area contributed by atoms with Crippen LogP contribution in [0.15, 0.2) is 42.5 Å². The molecule has 0 spiro atoms. The van der Waals surface area contributed by atoms with Crippen molar-refractivity contribution < 1.29 is 0 Å². The van der Waals surface area contributed by atoms with Crippen molar-refractivity contribution in [3.8, 4) is 0 Å². The second-order valence-corrected chi connectivity index (χ2v) is 11.5. The van der Waals surface area contributed by atoms with Gasteiger partial charge in [-0.1, -0.05) is 52.8 Å². The van der Waals surface area contributed by atoms with Crippen molar-refractivity contribution in [3.05, 3.63) is 59.2 Å². The highest BCUT2D eigenvalue weighted by atomic mass is 15.2. The number of hydrogen-bond acceptors (Lipinski definition) is 2. The van der Waals surface area contributed by atoms with Gasteiger partial charge in [0.1, 0.15) is 0 Å². The van der Waals surface area contributed by atoms with Gasteiger partial charge in [-0.3, -0.25) is 4.90 Å². The van der Waals surface area contributed by atoms with Gasteiger partial charge in [0.05, 0.1) is 0 Å². The summed E-state index contributed by atoms with van der Waals surface area (Å²) in [6.07, 6.45) is 5.42. The van der Waals surface area contributed by atoms with E-state index in [0.717, 1.165) is 17.9 Å². The molecule has 2 aromatic carbocycles. The third-order valence-corrected chi connectivity index (χ3v) is 8.35. The fourth-order valence-electron chi connectivity index (χ4n) is 5.86. The summed E-state index contributed by atoms with van der Waals surface area (Å²) in [5.74, 6) is 1.71. The zero-order chi connectivity index (χ0) is 21.1. The van der Waals surface area contributed by atoms with E-state index in [9.17, 15) is 0 Å². The SMILES string of the molecule is C[C@H]1C2Cc3ccc(Nc4ccc(C(C)(C)C)cc4)cc3[C@@]1(C)CCN2CC1CC1. The summed E-state index contributed by atoms with van der Waals surface area (Å²) in [5.41, 5.74) is 7.44. The Kier molecular flexibility index (Phi) is 4.78. The first-order chi connectivity index (χ1) is 14.2. The molecule has 0 amide bonds. The van der Waals surface area contributed by atoms with Gasteiger partial charge in [0.2, 0.25) is 0 Å². The third-order valence-electron chi connectivity index (χ3n) is 8.35. The Morgan fingerprint density at radius 1 is 1.03 bits per heavy atom. The Labute approximate surface area is 183 Å². The Balaban J connectivity index is 1.39. The Morgan fingerprint density at radius 3 is 2.40 bits per heavy atom. The summed E-state index contributed by atoms with van der Waals surface area (Å²) in [6.45, 7) is 14.5. The van der Waals surface area contributed by atoms with Gasteiger partial charge >= 0.3 is 0 Å². The molecule has 1 saturated carbocycles. The number of hydrogen-bond donors (Lipinski definition) is 1. The predicted octanol–water partition coefficient (Wildman–Crippen LogP) is 6.66. The summed E-state index contributed by atoms with van der Waals surface area (Å²) in [4.78, 5) is 2.83. The molecule has 2 fully saturated rings. The average Bonchev–Trinajstić information content (AvgIpc) is 3.51. The predicted molar refractivity (Wildman–Crippen MR) is 128 cm³/mol. The van der Waals surface area contributed by atoms with E-state index in [2.05, 4.69) is 87.3 Å². The van der Waals surface area contributed by atoms with Crippen molar-refractivity contribution in [2.75, 3.05) is 18.4 Å². The highest BCUT2D eigenvalue weighted by Gasteiger charge is 2.49. The lowest BCUT2D eigenvalue weighted by Crippen LogP contribution is -2.58. The van der Waals surface area contributed by atoms with Crippen LogP contribution in [0.5, 0.6) is 0 Å². The molecule has 1 heterocycles. The first-order valence-corrected chi connectivity index (χ1v) is 12.0. The van der Waals surface area contributed by atoms with Gasteiger partial charge < -0.3 is 5.32 Å². The van der Waals surface area contributed by atoms with Crippen LogP contribution in [0.3, 0.4) is 0 Å². The molecule has 3 aliphatic rings. The monoisotopic (exact) mass is 402 g/mol. The second-order valence-electron chi connectivity index (χ2n) is 11.5. The maximum absolute atomic E-state index is 3.67. The van der Waals surface area contributed by atoms with Crippen LogP contribution >= 0.6 is 0 Å². The van der Waals surface area contributed by atoms with Crippen LogP contribution < -0.4 is 5.32 Å². The lowest BCUT2D eigenvalue weighted by molar-refractivity contribution is 0.0284. The van der Waals surface area contributed by atoms with E-state index < -0.39 is 0 Å². The summed E-state index contributed by atoms with van der Waals surface area (Å²) in [6, 6.07) is 16.8. The fraction of sp³-hybridized carbons (Fsp3) is 0.571. The minimum absolute atomic E-state index is 0.194. The number of anilines is 2. The topological polar surface area (TPSA) is 15.3 Å². The van der Waals surface area contributed by atoms with Crippen LogP contribution in [-0.2, 0) is 17.3 Å². The van der Waals surface area contributed by atoms with Gasteiger partial charge in [-0.15, -0.1) is 0 Å². The van der Waals surface area contributed by atoms with E-state index in [0.29, 0.717) is 5.41 Å². The molecular formula is C28H38N2. The summed E-state index contributed by atoms with van der Waals surface area (Å²) >= 11 is 0. The molecule has 2 bridgehead atoms. The van der Waals surface area contributed by atoms with Crippen molar-refractivity contribution in [2.24, 2.45) is 11.8 Å². The fourth-order valence-corrected chi connectivity index (χ4v) is 5.86. The van der Waals surface area contributed by atoms with Crippen LogP contribution in [0.25, 0.3) is 0 Å². The number of likely N-dealkylation sites (tertiary alicyclic amines) is 1. The largest absolute Gasteiger partial charge is 0.356 e. The molecule has 1 aliphatic heterocycles. The Hall–Kier alpha value is -1.80. The van der Waals surface area contributed by atoms with Crippen LogP contribution in [0, 0.1) is 11.8 Å². The van der Waals surface area contributed by atoms with Crippen molar-refractivity contribution in [1.82, 2.24) is 4.90 Å². The van der Waals surface area contributed by atoms with Gasteiger partial charge in [0, 0.05) is 24.0 Å². The van der Waals surface area contributed by atoms with E-state index in [-0.39, 0.29) is 5.41 Å². The molecule has 1 saturated heterocycles. The number of nitrogens with zero attached hydrogens (tertiary/aromatic N) is 1. The van der Waals surface area contributed by atoms with Crippen LogP contribution in [0.4, 0.5) is 11.4 Å². The summed E-state index contributed by atoms with van der Waals surface area (Å²) in [7, 11) is 0. The lowest BCUT2D eigenvalue weighted by atomic mass is 9.59. The maximum atomic E-state index is 3.67. The quantitative estimate of drug-likeness (QED) is 0.615. The molecule has 2 nitrogen and oxygen atoms in total. The minimum atomic E-state index is 0.194. The molecule has 0 aromatic heterocycles. The number of fused-ring (bicyclic) bond motifs is 4. The van der Waals surface area contributed by atoms with Crippen molar-refractivity contribution >= 4 is 11.4 Å². The first kappa shape index (κ1) is 20.1. The molecule has 5 rings (SSSR count). The highest BCUT2D eigenvalue weighted by molar-refractivity contribution is 5.63. The Bertz CT molecular complexity index is 919. The van der Waals surface area contributed by atoms with Crippen molar-refractivity contribution in [1.29, 1.82) is 0 Å². The number of benzene rings is 2. The van der Waals surface area contributed by atoms with Gasteiger partial charge in [-0.05, 0) is 95.8 Å². The zero-order valence-electron chi connectivity index (χ0n) is 19.5. The molecular weight excluding hydrogens is 364 g/mol. The average molecular weight is 403 g/mol. The van der Waals surface area contributed by atoms with Crippen molar-refractivity contribution in [2.45, 2.75) is 77.2 Å². The third kappa shape index (κ3) is 3.58. The molecule has 160 valence electrons. The standard InChI is InChI=1S/C28H38N2/c1-19-26-16-21-8-11-24(29-23-12-9-22(10-13-23)27(2,3)4)17-25(21)28(19,5)14-15-30(26)18-20-6-7-20/h8-13,17,19-20,26,29H,6-7,14-16,18H2,1-5H3/t19-,26?,28-/m0/s1. The number of rotatable bonds is 4. The molecule has 1 unspecified atom stereocenters. The lowest BCUT2D eigenvalue weighted by Gasteiger charge is -2.55. The molecule has 30 heavy (non-hydrogen) atoms. The van der Waals surface area contributed by atoms with Crippen LogP contribution in [0.1, 0.15) is 70.6 Å². The second kappa shape index (κ2) is 7.12. The smallest absolute Gasteiger partial charge is 0.0387 e. The zero-order valence-corrected chi connectivity index (χ0v) is 19.5. The van der Waals surface area contributed by atoms with E-state index in [4.69, 9.17) is 0 Å². The minimum Gasteiger partial charge on any atom is -0.356 e. The van der Waals surface area contributed by atoms with E-state index in [1.807, 2.05) is 0 Å². The number of nitrogens with one attached hydrogen (secondary N) is 1. The first-order valence-electron chi connectivity index (χ1n) is 12.0. The molecule has 3 atom stereocenters. The van der Waals surface area contributed by atoms with E-state index >= 15 is 0 Å². The highest BCUT2D eigenvalue weighted by Crippen LogP contribution is 2.50. The van der Waals surface area contributed by atoms with Gasteiger partial charge in [0.25, 0.3) is 0 Å². The molecule has 2 aliphatic carbocycles. The van der Waals surface area contributed by atoms with Gasteiger partial charge in [0.15, 0.2) is 0 Å². The molecule has 2 heteroatoms. The molecule has 0 radical (unpaired) electrons. The van der Waals surface area contributed by atoms with Gasteiger partial charge in [-0.25, -0.2) is 0 Å². The van der Waals surface area contributed by atoms with E-state index in [1.165, 1.54) is 55.7 Å². The maximum Gasteiger partial charge on any atom is 0.0387 e.